The summed E-state index contributed by atoms with van der Waals surface area (Å²) >= 11 is 0. The summed E-state index contributed by atoms with van der Waals surface area (Å²) in [4.78, 5) is 7.08. The SMILES string of the molecule is C=CCNC(=NCc1nnc(C)n1C)NCC(C)(C)N1CCOCC1.I. The normalized spacial score (nSPS) is 16.1. The summed E-state index contributed by atoms with van der Waals surface area (Å²) in [5, 5.41) is 14.9. The summed E-state index contributed by atoms with van der Waals surface area (Å²) in [6.07, 6.45) is 1.82. The maximum atomic E-state index is 5.45. The van der Waals surface area contributed by atoms with Crippen LogP contribution >= 0.6 is 24.0 Å². The maximum absolute atomic E-state index is 5.45. The summed E-state index contributed by atoms with van der Waals surface area (Å²) in [5.41, 5.74) is 0.0157. The van der Waals surface area contributed by atoms with Gasteiger partial charge in [0, 0.05) is 38.8 Å². The van der Waals surface area contributed by atoms with Crippen LogP contribution in [-0.4, -0.2) is 70.6 Å². The number of rotatable bonds is 7. The minimum atomic E-state index is 0. The Morgan fingerprint density at radius 2 is 2.00 bits per heavy atom. The first-order valence-corrected chi connectivity index (χ1v) is 8.75. The third-order valence-corrected chi connectivity index (χ3v) is 4.53. The van der Waals surface area contributed by atoms with Gasteiger partial charge >= 0.3 is 0 Å². The molecule has 26 heavy (non-hydrogen) atoms. The first kappa shape index (κ1) is 22.8. The molecule has 1 saturated heterocycles. The summed E-state index contributed by atoms with van der Waals surface area (Å²) < 4.78 is 7.40. The molecule has 2 heterocycles. The van der Waals surface area contributed by atoms with Crippen molar-refractivity contribution in [3.05, 3.63) is 24.3 Å². The van der Waals surface area contributed by atoms with Gasteiger partial charge in [0.2, 0.25) is 0 Å². The van der Waals surface area contributed by atoms with Crippen LogP contribution in [0.15, 0.2) is 17.6 Å². The van der Waals surface area contributed by atoms with Crippen LogP contribution in [0.3, 0.4) is 0 Å². The lowest BCUT2D eigenvalue weighted by Crippen LogP contribution is -2.56. The van der Waals surface area contributed by atoms with Gasteiger partial charge in [-0.05, 0) is 20.8 Å². The third-order valence-electron chi connectivity index (χ3n) is 4.53. The highest BCUT2D eigenvalue weighted by Gasteiger charge is 2.28. The zero-order valence-corrected chi connectivity index (χ0v) is 18.6. The molecule has 1 aromatic heterocycles. The van der Waals surface area contributed by atoms with Crippen molar-refractivity contribution in [3.63, 3.8) is 0 Å². The summed E-state index contributed by atoms with van der Waals surface area (Å²) in [6.45, 7) is 15.6. The van der Waals surface area contributed by atoms with E-state index in [-0.39, 0.29) is 29.5 Å². The van der Waals surface area contributed by atoms with E-state index in [0.29, 0.717) is 13.1 Å². The number of ether oxygens (including phenoxy) is 1. The van der Waals surface area contributed by atoms with Gasteiger partial charge in [-0.25, -0.2) is 4.99 Å². The largest absolute Gasteiger partial charge is 0.379 e. The number of nitrogens with zero attached hydrogens (tertiary/aromatic N) is 5. The van der Waals surface area contributed by atoms with Crippen LogP contribution in [0, 0.1) is 6.92 Å². The van der Waals surface area contributed by atoms with E-state index in [1.54, 1.807) is 0 Å². The molecule has 1 aromatic rings. The smallest absolute Gasteiger partial charge is 0.192 e. The maximum Gasteiger partial charge on any atom is 0.192 e. The Balaban J connectivity index is 0.00000338. The Bertz CT molecular complexity index is 594. The van der Waals surface area contributed by atoms with Crippen LogP contribution < -0.4 is 10.6 Å². The third kappa shape index (κ3) is 6.51. The number of aromatic nitrogens is 3. The second kappa shape index (κ2) is 10.8. The average molecular weight is 477 g/mol. The second-order valence-corrected chi connectivity index (χ2v) is 6.82. The second-order valence-electron chi connectivity index (χ2n) is 6.82. The predicted octanol–water partition coefficient (Wildman–Crippen LogP) is 1.07. The zero-order valence-electron chi connectivity index (χ0n) is 16.3. The molecule has 1 aliphatic heterocycles. The molecule has 0 aromatic carbocycles. The van der Waals surface area contributed by atoms with Crippen molar-refractivity contribution in [2.24, 2.45) is 12.0 Å². The van der Waals surface area contributed by atoms with Crippen LogP contribution in [0.5, 0.6) is 0 Å². The lowest BCUT2D eigenvalue weighted by atomic mass is 10.0. The molecule has 0 amide bonds. The molecular formula is C17H32IN7O. The van der Waals surface area contributed by atoms with Crippen molar-refractivity contribution in [1.82, 2.24) is 30.3 Å². The number of guanidine groups is 1. The number of hydrogen-bond donors (Lipinski definition) is 2. The lowest BCUT2D eigenvalue weighted by Gasteiger charge is -2.41. The monoisotopic (exact) mass is 477 g/mol. The standard InChI is InChI=1S/C17H31N7O.HI/c1-6-7-18-16(19-12-15-22-21-14(2)23(15)5)20-13-17(3,4)24-8-10-25-11-9-24;/h6H,1,7-13H2,2-5H3,(H2,18,19,20);1H. The molecule has 2 rings (SSSR count). The average Bonchev–Trinajstić information content (AvgIpc) is 2.94. The summed E-state index contributed by atoms with van der Waals surface area (Å²) in [6, 6.07) is 0. The van der Waals surface area contributed by atoms with Crippen LogP contribution in [-0.2, 0) is 18.3 Å². The van der Waals surface area contributed by atoms with Crippen LogP contribution in [0.25, 0.3) is 0 Å². The number of halogens is 1. The van der Waals surface area contributed by atoms with Gasteiger partial charge in [0.15, 0.2) is 11.8 Å². The number of hydrogen-bond acceptors (Lipinski definition) is 5. The van der Waals surface area contributed by atoms with E-state index in [4.69, 9.17) is 4.74 Å². The molecule has 2 N–H and O–H groups in total. The van der Waals surface area contributed by atoms with Crippen molar-refractivity contribution >= 4 is 29.9 Å². The van der Waals surface area contributed by atoms with Crippen molar-refractivity contribution in [2.75, 3.05) is 39.4 Å². The fourth-order valence-electron chi connectivity index (χ4n) is 2.66. The fraction of sp³-hybridized carbons (Fsp3) is 0.706. The quantitative estimate of drug-likeness (QED) is 0.265. The highest BCUT2D eigenvalue weighted by atomic mass is 127. The van der Waals surface area contributed by atoms with Crippen LogP contribution in [0.1, 0.15) is 25.5 Å². The number of aryl methyl sites for hydroxylation is 1. The topological polar surface area (TPSA) is 79.6 Å². The molecule has 0 saturated carbocycles. The number of morpholine rings is 1. The molecule has 148 valence electrons. The lowest BCUT2D eigenvalue weighted by molar-refractivity contribution is -0.00833. The van der Waals surface area contributed by atoms with Gasteiger partial charge in [0.25, 0.3) is 0 Å². The molecule has 0 aliphatic carbocycles. The molecule has 1 aliphatic rings. The molecule has 8 nitrogen and oxygen atoms in total. The Kier molecular flexibility index (Phi) is 9.51. The van der Waals surface area contributed by atoms with Crippen molar-refractivity contribution < 1.29 is 4.74 Å². The van der Waals surface area contributed by atoms with Gasteiger partial charge in [-0.2, -0.15) is 0 Å². The van der Waals surface area contributed by atoms with Crippen molar-refractivity contribution in [1.29, 1.82) is 0 Å². The van der Waals surface area contributed by atoms with E-state index >= 15 is 0 Å². The number of aliphatic imine (C=N–C) groups is 1. The molecule has 0 unspecified atom stereocenters. The molecule has 0 radical (unpaired) electrons. The number of nitrogens with one attached hydrogen (secondary N) is 2. The predicted molar refractivity (Wildman–Crippen MR) is 115 cm³/mol. The molecule has 9 heteroatoms. The molecule has 1 fully saturated rings. The summed E-state index contributed by atoms with van der Waals surface area (Å²) in [5.74, 6) is 2.47. The van der Waals surface area contributed by atoms with E-state index < -0.39 is 0 Å². The Labute approximate surface area is 173 Å². The van der Waals surface area contributed by atoms with Gasteiger partial charge in [-0.3, -0.25) is 4.90 Å². The van der Waals surface area contributed by atoms with Crippen LogP contribution in [0.2, 0.25) is 0 Å². The minimum absolute atomic E-state index is 0. The molecular weight excluding hydrogens is 445 g/mol. The van der Waals surface area contributed by atoms with Gasteiger partial charge in [-0.15, -0.1) is 40.8 Å². The Morgan fingerprint density at radius 3 is 2.58 bits per heavy atom. The van der Waals surface area contributed by atoms with E-state index in [2.05, 4.69) is 51.1 Å². The molecule has 0 bridgehead atoms. The zero-order chi connectivity index (χ0) is 18.3. The van der Waals surface area contributed by atoms with Gasteiger partial charge < -0.3 is 19.9 Å². The first-order chi connectivity index (χ1) is 11.9. The highest BCUT2D eigenvalue weighted by Crippen LogP contribution is 2.15. The van der Waals surface area contributed by atoms with Gasteiger partial charge in [0.05, 0.1) is 13.2 Å². The van der Waals surface area contributed by atoms with E-state index in [1.807, 2.05) is 24.6 Å². The Morgan fingerprint density at radius 1 is 1.31 bits per heavy atom. The first-order valence-electron chi connectivity index (χ1n) is 8.75. The minimum Gasteiger partial charge on any atom is -0.379 e. The van der Waals surface area contributed by atoms with Gasteiger partial charge in [0.1, 0.15) is 12.4 Å². The highest BCUT2D eigenvalue weighted by molar-refractivity contribution is 14.0. The van der Waals surface area contributed by atoms with E-state index in [9.17, 15) is 0 Å². The molecule has 0 spiro atoms. The van der Waals surface area contributed by atoms with Crippen molar-refractivity contribution in [3.8, 4) is 0 Å². The van der Waals surface area contributed by atoms with E-state index in [1.165, 1.54) is 0 Å². The van der Waals surface area contributed by atoms with E-state index in [0.717, 1.165) is 50.5 Å². The fourth-order valence-corrected chi connectivity index (χ4v) is 2.66. The van der Waals surface area contributed by atoms with Gasteiger partial charge in [-0.1, -0.05) is 6.08 Å². The van der Waals surface area contributed by atoms with Crippen molar-refractivity contribution in [2.45, 2.75) is 32.9 Å². The summed E-state index contributed by atoms with van der Waals surface area (Å²) in [7, 11) is 1.95. The molecule has 0 atom stereocenters. The van der Waals surface area contributed by atoms with Crippen LogP contribution in [0.4, 0.5) is 0 Å². The Hall–Kier alpha value is -1.20.